The smallest absolute Gasteiger partial charge is 0.344 e. The largest absolute Gasteiger partial charge is 0.423 e. The Balaban J connectivity index is 1.76. The van der Waals surface area contributed by atoms with Gasteiger partial charge in [-0.3, -0.25) is 4.98 Å². The van der Waals surface area contributed by atoms with Crippen LogP contribution in [0.3, 0.4) is 0 Å². The highest BCUT2D eigenvalue weighted by molar-refractivity contribution is 5.99. The van der Waals surface area contributed by atoms with E-state index >= 15 is 0 Å². The van der Waals surface area contributed by atoms with E-state index in [-0.39, 0.29) is 5.97 Å². The molecule has 0 aliphatic carbocycles. The number of aryl methyl sites for hydroxylation is 2. The van der Waals surface area contributed by atoms with Crippen molar-refractivity contribution in [2.75, 3.05) is 0 Å². The van der Waals surface area contributed by atoms with Gasteiger partial charge in [-0.25, -0.2) is 4.79 Å². The molecule has 0 unspecified atom stereocenters. The second-order valence-corrected chi connectivity index (χ2v) is 7.05. The number of aromatic nitrogens is 1. The van der Waals surface area contributed by atoms with Crippen LogP contribution in [-0.2, 0) is 0 Å². The van der Waals surface area contributed by atoms with Crippen LogP contribution >= 0.6 is 0 Å². The molecule has 0 fully saturated rings. The maximum Gasteiger partial charge on any atom is 0.344 e. The Morgan fingerprint density at radius 3 is 2.17 bits per heavy atom. The van der Waals surface area contributed by atoms with Crippen molar-refractivity contribution in [1.29, 1.82) is 0 Å². The van der Waals surface area contributed by atoms with E-state index in [2.05, 4.69) is 4.98 Å². The molecule has 0 saturated heterocycles. The quantitative estimate of drug-likeness (QED) is 0.311. The second kappa shape index (κ2) is 8.11. The van der Waals surface area contributed by atoms with Crippen molar-refractivity contribution < 1.29 is 9.53 Å². The standard InChI is InChI=1S/C26H21NO2/c1-18-14-19(2)16-22(15-18)29-26(28)23-12-11-21(25-10-6-7-13-27-25)17-24(23)20-8-4-3-5-9-20/h3-17H,1-2H3. The van der Waals surface area contributed by atoms with Gasteiger partial charge in [-0.2, -0.15) is 0 Å². The van der Waals surface area contributed by atoms with Gasteiger partial charge in [-0.15, -0.1) is 0 Å². The van der Waals surface area contributed by atoms with Crippen LogP contribution in [0.4, 0.5) is 0 Å². The zero-order valence-electron chi connectivity index (χ0n) is 16.4. The predicted octanol–water partition coefficient (Wildman–Crippen LogP) is 6.25. The summed E-state index contributed by atoms with van der Waals surface area (Å²) >= 11 is 0. The minimum absolute atomic E-state index is 0.374. The lowest BCUT2D eigenvalue weighted by Crippen LogP contribution is -2.10. The van der Waals surface area contributed by atoms with Crippen LogP contribution in [-0.4, -0.2) is 11.0 Å². The lowest BCUT2D eigenvalue weighted by atomic mass is 9.96. The van der Waals surface area contributed by atoms with Crippen LogP contribution in [0.2, 0.25) is 0 Å². The summed E-state index contributed by atoms with van der Waals surface area (Å²) in [5, 5.41) is 0. The first-order valence-electron chi connectivity index (χ1n) is 9.51. The third-order valence-electron chi connectivity index (χ3n) is 4.69. The Hall–Kier alpha value is -3.72. The van der Waals surface area contributed by atoms with Gasteiger partial charge in [0.2, 0.25) is 0 Å². The monoisotopic (exact) mass is 379 g/mol. The van der Waals surface area contributed by atoms with Crippen LogP contribution in [0.15, 0.2) is 91.1 Å². The number of ether oxygens (including phenoxy) is 1. The van der Waals surface area contributed by atoms with Crippen LogP contribution < -0.4 is 4.74 Å². The number of carbonyl (C=O) groups excluding carboxylic acids is 1. The molecule has 0 radical (unpaired) electrons. The summed E-state index contributed by atoms with van der Waals surface area (Å²) in [4.78, 5) is 17.5. The molecule has 3 aromatic carbocycles. The number of hydrogen-bond acceptors (Lipinski definition) is 3. The molecule has 0 atom stereocenters. The Morgan fingerprint density at radius 2 is 1.48 bits per heavy atom. The number of benzene rings is 3. The number of hydrogen-bond donors (Lipinski definition) is 0. The molecule has 29 heavy (non-hydrogen) atoms. The second-order valence-electron chi connectivity index (χ2n) is 7.05. The summed E-state index contributed by atoms with van der Waals surface area (Å²) in [5.74, 6) is 0.182. The lowest BCUT2D eigenvalue weighted by Gasteiger charge is -2.13. The molecule has 4 aromatic rings. The molecule has 0 amide bonds. The highest BCUT2D eigenvalue weighted by atomic mass is 16.5. The first kappa shape index (κ1) is 18.6. The summed E-state index contributed by atoms with van der Waals surface area (Å²) in [5.41, 5.74) is 6.23. The number of pyridine rings is 1. The molecule has 0 saturated carbocycles. The maximum atomic E-state index is 13.0. The predicted molar refractivity (Wildman–Crippen MR) is 116 cm³/mol. The fraction of sp³-hybridized carbons (Fsp3) is 0.0769. The number of nitrogens with zero attached hydrogens (tertiary/aromatic N) is 1. The van der Waals surface area contributed by atoms with Crippen molar-refractivity contribution >= 4 is 5.97 Å². The van der Waals surface area contributed by atoms with E-state index < -0.39 is 0 Å². The molecule has 0 aliphatic heterocycles. The summed E-state index contributed by atoms with van der Waals surface area (Å²) < 4.78 is 5.72. The normalized spacial score (nSPS) is 10.6. The molecule has 0 aliphatic rings. The van der Waals surface area contributed by atoms with E-state index in [0.29, 0.717) is 11.3 Å². The molecule has 1 heterocycles. The van der Waals surface area contributed by atoms with Crippen molar-refractivity contribution in [2.45, 2.75) is 13.8 Å². The molecule has 0 N–H and O–H groups in total. The average Bonchev–Trinajstić information content (AvgIpc) is 2.74. The Labute approximate surface area is 170 Å². The van der Waals surface area contributed by atoms with Crippen molar-refractivity contribution in [3.8, 4) is 28.1 Å². The van der Waals surface area contributed by atoms with Crippen molar-refractivity contribution in [2.24, 2.45) is 0 Å². The molecular weight excluding hydrogens is 358 g/mol. The Morgan fingerprint density at radius 1 is 0.759 bits per heavy atom. The van der Waals surface area contributed by atoms with E-state index in [1.807, 2.05) is 98.8 Å². The van der Waals surface area contributed by atoms with Gasteiger partial charge in [0.1, 0.15) is 5.75 Å². The van der Waals surface area contributed by atoms with E-state index in [4.69, 9.17) is 4.74 Å². The van der Waals surface area contributed by atoms with Gasteiger partial charge in [-0.1, -0.05) is 48.5 Å². The van der Waals surface area contributed by atoms with E-state index in [9.17, 15) is 4.79 Å². The Bertz CT molecular complexity index is 1130. The maximum absolute atomic E-state index is 13.0. The van der Waals surface area contributed by atoms with E-state index in [0.717, 1.165) is 33.5 Å². The molecule has 3 heteroatoms. The van der Waals surface area contributed by atoms with Crippen molar-refractivity contribution in [1.82, 2.24) is 4.98 Å². The minimum Gasteiger partial charge on any atom is -0.423 e. The molecule has 4 rings (SSSR count). The van der Waals surface area contributed by atoms with Gasteiger partial charge >= 0.3 is 5.97 Å². The van der Waals surface area contributed by atoms with Gasteiger partial charge in [0.25, 0.3) is 0 Å². The van der Waals surface area contributed by atoms with Crippen LogP contribution in [0.1, 0.15) is 21.5 Å². The average molecular weight is 379 g/mol. The SMILES string of the molecule is Cc1cc(C)cc(OC(=O)c2ccc(-c3ccccn3)cc2-c2ccccc2)c1. The van der Waals surface area contributed by atoms with Crippen LogP contribution in [0.25, 0.3) is 22.4 Å². The summed E-state index contributed by atoms with van der Waals surface area (Å²) in [6.07, 6.45) is 1.76. The molecule has 0 bridgehead atoms. The minimum atomic E-state index is -0.374. The van der Waals surface area contributed by atoms with Gasteiger partial charge in [0.15, 0.2) is 0 Å². The third kappa shape index (κ3) is 4.25. The fourth-order valence-corrected chi connectivity index (χ4v) is 3.43. The summed E-state index contributed by atoms with van der Waals surface area (Å²) in [6, 6.07) is 27.2. The van der Waals surface area contributed by atoms with Crippen molar-refractivity contribution in [3.05, 3.63) is 108 Å². The van der Waals surface area contributed by atoms with E-state index in [1.165, 1.54) is 0 Å². The first-order chi connectivity index (χ1) is 14.1. The molecular formula is C26H21NO2. The van der Waals surface area contributed by atoms with Crippen LogP contribution in [0.5, 0.6) is 5.75 Å². The number of esters is 1. The van der Waals surface area contributed by atoms with Gasteiger partial charge in [-0.05, 0) is 72.5 Å². The lowest BCUT2D eigenvalue weighted by molar-refractivity contribution is 0.0735. The first-order valence-corrected chi connectivity index (χ1v) is 9.51. The molecule has 3 nitrogen and oxygen atoms in total. The highest BCUT2D eigenvalue weighted by Crippen LogP contribution is 2.30. The molecule has 1 aromatic heterocycles. The van der Waals surface area contributed by atoms with E-state index in [1.54, 1.807) is 6.20 Å². The summed E-state index contributed by atoms with van der Waals surface area (Å²) in [7, 11) is 0. The zero-order valence-corrected chi connectivity index (χ0v) is 16.4. The third-order valence-corrected chi connectivity index (χ3v) is 4.69. The fourth-order valence-electron chi connectivity index (χ4n) is 3.43. The number of rotatable bonds is 4. The number of carbonyl (C=O) groups is 1. The highest BCUT2D eigenvalue weighted by Gasteiger charge is 2.17. The Kier molecular flexibility index (Phi) is 5.21. The summed E-state index contributed by atoms with van der Waals surface area (Å²) in [6.45, 7) is 3.97. The molecule has 142 valence electrons. The molecule has 0 spiro atoms. The van der Waals surface area contributed by atoms with Gasteiger partial charge in [0.05, 0.1) is 11.3 Å². The van der Waals surface area contributed by atoms with Gasteiger partial charge < -0.3 is 4.74 Å². The van der Waals surface area contributed by atoms with Crippen LogP contribution in [0, 0.1) is 13.8 Å². The van der Waals surface area contributed by atoms with Crippen molar-refractivity contribution in [3.63, 3.8) is 0 Å². The zero-order chi connectivity index (χ0) is 20.2. The topological polar surface area (TPSA) is 39.2 Å². The van der Waals surface area contributed by atoms with Gasteiger partial charge in [0, 0.05) is 11.8 Å².